The maximum Gasteiger partial charge on any atom is 0.331 e. The molecule has 0 saturated carbocycles. The summed E-state index contributed by atoms with van der Waals surface area (Å²) in [5.74, 6) is -1.05. The second-order valence-electron chi connectivity index (χ2n) is 6.96. The lowest BCUT2D eigenvalue weighted by atomic mass is 9.95. The SMILES string of the molecule is C/C=C/C(=O)O[C@@H]1[C@@H](OC)O[C@H](COC)[C@@H](OC)[C@@H]1OC(=O)C(C)(C)C. The summed E-state index contributed by atoms with van der Waals surface area (Å²) in [5, 5.41) is 0. The van der Waals surface area contributed by atoms with E-state index in [0.29, 0.717) is 0 Å². The quantitative estimate of drug-likeness (QED) is 0.489. The van der Waals surface area contributed by atoms with E-state index in [0.717, 1.165) is 0 Å². The fraction of sp³-hybridized carbons (Fsp3) is 0.778. The molecule has 0 bridgehead atoms. The first-order valence-electron chi connectivity index (χ1n) is 8.44. The summed E-state index contributed by atoms with van der Waals surface area (Å²) in [5.41, 5.74) is -0.742. The van der Waals surface area contributed by atoms with E-state index >= 15 is 0 Å². The van der Waals surface area contributed by atoms with Crippen molar-refractivity contribution in [2.75, 3.05) is 27.9 Å². The molecule has 1 fully saturated rings. The first-order chi connectivity index (χ1) is 12.2. The van der Waals surface area contributed by atoms with Gasteiger partial charge in [-0.3, -0.25) is 4.79 Å². The molecule has 1 saturated heterocycles. The van der Waals surface area contributed by atoms with Crippen LogP contribution in [0.4, 0.5) is 0 Å². The molecular formula is C18H30O8. The number of esters is 2. The molecule has 0 aromatic rings. The highest BCUT2D eigenvalue weighted by Gasteiger charge is 2.51. The van der Waals surface area contributed by atoms with E-state index in [4.69, 9.17) is 28.4 Å². The molecule has 0 aliphatic carbocycles. The summed E-state index contributed by atoms with van der Waals surface area (Å²) in [6, 6.07) is 0. The molecule has 1 aliphatic rings. The Kier molecular flexibility index (Phi) is 8.69. The van der Waals surface area contributed by atoms with E-state index in [9.17, 15) is 9.59 Å². The third kappa shape index (κ3) is 5.77. The first kappa shape index (κ1) is 22.6. The topological polar surface area (TPSA) is 89.5 Å². The maximum atomic E-state index is 12.5. The minimum Gasteiger partial charge on any atom is -0.455 e. The molecule has 1 aliphatic heterocycles. The molecule has 0 spiro atoms. The van der Waals surface area contributed by atoms with Crippen molar-refractivity contribution in [1.82, 2.24) is 0 Å². The zero-order valence-corrected chi connectivity index (χ0v) is 16.5. The van der Waals surface area contributed by atoms with Gasteiger partial charge in [-0.15, -0.1) is 0 Å². The third-order valence-electron chi connectivity index (χ3n) is 3.84. The minimum atomic E-state index is -0.993. The molecule has 5 atom stereocenters. The Morgan fingerprint density at radius 1 is 1.00 bits per heavy atom. The second-order valence-corrected chi connectivity index (χ2v) is 6.96. The molecule has 0 N–H and O–H groups in total. The number of allylic oxidation sites excluding steroid dienone is 1. The normalized spacial score (nSPS) is 29.6. The van der Waals surface area contributed by atoms with Crippen molar-refractivity contribution in [2.45, 2.75) is 58.4 Å². The lowest BCUT2D eigenvalue weighted by Gasteiger charge is -2.44. The lowest BCUT2D eigenvalue weighted by Crippen LogP contribution is -2.62. The van der Waals surface area contributed by atoms with Crippen LogP contribution in [0.25, 0.3) is 0 Å². The van der Waals surface area contributed by atoms with Crippen molar-refractivity contribution in [3.05, 3.63) is 12.2 Å². The number of carbonyl (C=O) groups excluding carboxylic acids is 2. The first-order valence-corrected chi connectivity index (χ1v) is 8.44. The van der Waals surface area contributed by atoms with Crippen LogP contribution in [0.5, 0.6) is 0 Å². The van der Waals surface area contributed by atoms with E-state index in [-0.39, 0.29) is 6.61 Å². The predicted octanol–water partition coefficient (Wildman–Crippen LogP) is 1.46. The number of ether oxygens (including phenoxy) is 6. The third-order valence-corrected chi connectivity index (χ3v) is 3.84. The van der Waals surface area contributed by atoms with Gasteiger partial charge in [-0.05, 0) is 27.7 Å². The number of hydrogen-bond donors (Lipinski definition) is 0. The van der Waals surface area contributed by atoms with Crippen molar-refractivity contribution < 1.29 is 38.0 Å². The highest BCUT2D eigenvalue weighted by atomic mass is 16.7. The molecule has 0 unspecified atom stereocenters. The van der Waals surface area contributed by atoms with E-state index in [1.807, 2.05) is 0 Å². The van der Waals surface area contributed by atoms with Gasteiger partial charge in [0, 0.05) is 27.4 Å². The van der Waals surface area contributed by atoms with Crippen LogP contribution in [-0.4, -0.2) is 70.6 Å². The Morgan fingerprint density at radius 3 is 2.12 bits per heavy atom. The highest BCUT2D eigenvalue weighted by Crippen LogP contribution is 2.30. The van der Waals surface area contributed by atoms with Gasteiger partial charge in [0.2, 0.25) is 0 Å². The molecule has 1 heterocycles. The minimum absolute atomic E-state index is 0.192. The van der Waals surface area contributed by atoms with Gasteiger partial charge < -0.3 is 28.4 Å². The molecule has 8 nitrogen and oxygen atoms in total. The predicted molar refractivity (Wildman–Crippen MR) is 92.4 cm³/mol. The van der Waals surface area contributed by atoms with Crippen LogP contribution in [0.2, 0.25) is 0 Å². The van der Waals surface area contributed by atoms with Crippen LogP contribution in [0.3, 0.4) is 0 Å². The molecule has 8 heteroatoms. The van der Waals surface area contributed by atoms with Gasteiger partial charge in [0.1, 0.15) is 12.2 Å². The fourth-order valence-electron chi connectivity index (χ4n) is 2.52. The van der Waals surface area contributed by atoms with Crippen molar-refractivity contribution in [3.8, 4) is 0 Å². The summed E-state index contributed by atoms with van der Waals surface area (Å²) in [6.45, 7) is 7.08. The van der Waals surface area contributed by atoms with E-state index < -0.39 is 48.1 Å². The number of rotatable bonds is 7. The van der Waals surface area contributed by atoms with Crippen LogP contribution in [-0.2, 0) is 38.0 Å². The van der Waals surface area contributed by atoms with Crippen molar-refractivity contribution in [2.24, 2.45) is 5.41 Å². The van der Waals surface area contributed by atoms with E-state index in [1.54, 1.807) is 33.8 Å². The van der Waals surface area contributed by atoms with Crippen LogP contribution in [0.15, 0.2) is 12.2 Å². The summed E-state index contributed by atoms with van der Waals surface area (Å²) < 4.78 is 32.9. The molecular weight excluding hydrogens is 344 g/mol. The van der Waals surface area contributed by atoms with E-state index in [1.165, 1.54) is 27.4 Å². The number of methoxy groups -OCH3 is 3. The van der Waals surface area contributed by atoms with E-state index in [2.05, 4.69) is 0 Å². The zero-order valence-electron chi connectivity index (χ0n) is 16.5. The smallest absolute Gasteiger partial charge is 0.331 e. The molecule has 1 rings (SSSR count). The van der Waals surface area contributed by atoms with Gasteiger partial charge in [-0.1, -0.05) is 6.08 Å². The van der Waals surface area contributed by atoms with Gasteiger partial charge in [0.15, 0.2) is 18.5 Å². The lowest BCUT2D eigenvalue weighted by molar-refractivity contribution is -0.304. The van der Waals surface area contributed by atoms with Gasteiger partial charge in [-0.25, -0.2) is 4.79 Å². The monoisotopic (exact) mass is 374 g/mol. The fourth-order valence-corrected chi connectivity index (χ4v) is 2.52. The molecule has 26 heavy (non-hydrogen) atoms. The van der Waals surface area contributed by atoms with Crippen molar-refractivity contribution in [1.29, 1.82) is 0 Å². The van der Waals surface area contributed by atoms with Crippen molar-refractivity contribution >= 4 is 11.9 Å². The largest absolute Gasteiger partial charge is 0.455 e. The van der Waals surface area contributed by atoms with Gasteiger partial charge in [-0.2, -0.15) is 0 Å². The molecule has 0 amide bonds. The number of carbonyl (C=O) groups is 2. The Morgan fingerprint density at radius 2 is 1.65 bits per heavy atom. The van der Waals surface area contributed by atoms with Crippen LogP contribution in [0.1, 0.15) is 27.7 Å². The van der Waals surface area contributed by atoms with Crippen LogP contribution >= 0.6 is 0 Å². The molecule has 0 radical (unpaired) electrons. The average molecular weight is 374 g/mol. The summed E-state index contributed by atoms with van der Waals surface area (Å²) in [7, 11) is 4.40. The maximum absolute atomic E-state index is 12.5. The summed E-state index contributed by atoms with van der Waals surface area (Å²) in [6.07, 6.45) is -1.30. The van der Waals surface area contributed by atoms with Crippen LogP contribution < -0.4 is 0 Å². The van der Waals surface area contributed by atoms with Gasteiger partial charge in [0.05, 0.1) is 12.0 Å². The van der Waals surface area contributed by atoms with Gasteiger partial charge in [0.25, 0.3) is 0 Å². The molecule has 0 aromatic carbocycles. The second kappa shape index (κ2) is 10.0. The zero-order chi connectivity index (χ0) is 19.9. The van der Waals surface area contributed by atoms with Crippen molar-refractivity contribution in [3.63, 3.8) is 0 Å². The summed E-state index contributed by atoms with van der Waals surface area (Å²) in [4.78, 5) is 24.4. The Balaban J connectivity index is 3.20. The Bertz CT molecular complexity index is 496. The standard InChI is InChI=1S/C18H30O8/c1-8-9-12(19)25-15-14(26-17(20)18(2,3)4)13(22-6)11(10-21-5)24-16(15)23-7/h8-9,11,13-16H,10H2,1-7H3/b9-8+/t11-,13-,14+,15+,16+/m1/s1. The highest BCUT2D eigenvalue weighted by molar-refractivity contribution is 5.82. The number of hydrogen-bond acceptors (Lipinski definition) is 8. The Labute approximate surface area is 154 Å². The summed E-state index contributed by atoms with van der Waals surface area (Å²) >= 11 is 0. The van der Waals surface area contributed by atoms with Gasteiger partial charge >= 0.3 is 11.9 Å². The van der Waals surface area contributed by atoms with Crippen LogP contribution in [0, 0.1) is 5.41 Å². The average Bonchev–Trinajstić information content (AvgIpc) is 2.56. The Hall–Kier alpha value is -1.48. The molecule has 150 valence electrons. The molecule has 0 aromatic heterocycles.